The van der Waals surface area contributed by atoms with Gasteiger partial charge in [-0.1, -0.05) is 5.21 Å². The van der Waals surface area contributed by atoms with E-state index in [4.69, 9.17) is 5.11 Å². The minimum Gasteiger partial charge on any atom is -1.00 e. The molecule has 2 N–H and O–H groups in total. The number of aromatic nitrogens is 3. The van der Waals surface area contributed by atoms with E-state index in [1.54, 1.807) is 6.20 Å². The van der Waals surface area contributed by atoms with Crippen molar-refractivity contribution in [3.8, 4) is 0 Å². The van der Waals surface area contributed by atoms with E-state index in [1.165, 1.54) is 4.68 Å². The molecule has 1 fully saturated rings. The average Bonchev–Trinajstić information content (AvgIpc) is 2.78. The van der Waals surface area contributed by atoms with E-state index in [2.05, 4.69) is 15.6 Å². The van der Waals surface area contributed by atoms with Gasteiger partial charge in [-0.2, -0.15) is 0 Å². The smallest absolute Gasteiger partial charge is 0.244 e. The van der Waals surface area contributed by atoms with E-state index in [0.29, 0.717) is 12.1 Å². The zero-order valence-corrected chi connectivity index (χ0v) is 10.8. The minimum absolute atomic E-state index is 0. The first-order valence-electron chi connectivity index (χ1n) is 5.78. The van der Waals surface area contributed by atoms with Crippen LogP contribution < -0.4 is 17.7 Å². The number of rotatable bonds is 4. The Balaban J connectivity index is 0.00000162. The molecule has 1 aliphatic rings. The third-order valence-corrected chi connectivity index (χ3v) is 2.72. The second kappa shape index (κ2) is 7.30. The molecule has 102 valence electrons. The monoisotopic (exact) mass is 274 g/mol. The highest BCUT2D eigenvalue weighted by Crippen LogP contribution is 1.98. The van der Waals surface area contributed by atoms with Crippen LogP contribution >= 0.6 is 0 Å². The van der Waals surface area contributed by atoms with Gasteiger partial charge in [0, 0.05) is 45.4 Å². The Hall–Kier alpha value is -1.18. The fourth-order valence-corrected chi connectivity index (χ4v) is 1.80. The highest BCUT2D eigenvalue weighted by molar-refractivity contribution is 5.76. The number of hydrogen-bond acceptors (Lipinski definition) is 5. The molecule has 0 unspecified atom stereocenters. The number of aliphatic hydroxyl groups excluding tert-OH is 1. The summed E-state index contributed by atoms with van der Waals surface area (Å²) < 4.78 is 1.52. The molecule has 0 aliphatic carbocycles. The quantitative estimate of drug-likeness (QED) is 0.576. The number of carbonyl (C=O) groups is 1. The van der Waals surface area contributed by atoms with Gasteiger partial charge in [-0.05, 0) is 0 Å². The van der Waals surface area contributed by atoms with Crippen molar-refractivity contribution < 1.29 is 22.3 Å². The lowest BCUT2D eigenvalue weighted by Gasteiger charge is -2.27. The Labute approximate surface area is 112 Å². The first-order valence-corrected chi connectivity index (χ1v) is 5.78. The summed E-state index contributed by atoms with van der Waals surface area (Å²) in [7, 11) is 0. The number of nitrogens with zero attached hydrogens (tertiary/aromatic N) is 4. The standard InChI is InChI=1S/C10H17N5O2.ClH/c16-6-1-9-7-15(13-12-9)8-10(17)14-4-2-11-3-5-14;/h7,11,16H,1-6,8H2;1H/p-1. The molecule has 0 radical (unpaired) electrons. The maximum Gasteiger partial charge on any atom is 0.244 e. The number of halogens is 1. The molecule has 1 amide bonds. The van der Waals surface area contributed by atoms with Crippen LogP contribution in [-0.4, -0.2) is 63.7 Å². The highest BCUT2D eigenvalue weighted by Gasteiger charge is 2.16. The molecule has 2 rings (SSSR count). The summed E-state index contributed by atoms with van der Waals surface area (Å²) >= 11 is 0. The summed E-state index contributed by atoms with van der Waals surface area (Å²) in [6, 6.07) is 0. The number of carbonyl (C=O) groups excluding carboxylic acids is 1. The van der Waals surface area contributed by atoms with Gasteiger partial charge in [-0.15, -0.1) is 5.10 Å². The molecule has 0 aromatic carbocycles. The summed E-state index contributed by atoms with van der Waals surface area (Å²) in [5.41, 5.74) is 0.709. The van der Waals surface area contributed by atoms with Crippen molar-refractivity contribution in [1.29, 1.82) is 0 Å². The Morgan fingerprint density at radius 3 is 2.83 bits per heavy atom. The first kappa shape index (κ1) is 14.9. The first-order chi connectivity index (χ1) is 8.29. The molecule has 0 atom stereocenters. The lowest BCUT2D eigenvalue weighted by atomic mass is 10.3. The van der Waals surface area contributed by atoms with Crippen LogP contribution in [0, 0.1) is 0 Å². The van der Waals surface area contributed by atoms with Crippen molar-refractivity contribution in [2.45, 2.75) is 13.0 Å². The lowest BCUT2D eigenvalue weighted by molar-refractivity contribution is -0.132. The lowest BCUT2D eigenvalue weighted by Crippen LogP contribution is -3.00. The molecule has 7 nitrogen and oxygen atoms in total. The Bertz CT molecular complexity index is 378. The van der Waals surface area contributed by atoms with E-state index in [0.717, 1.165) is 26.2 Å². The molecule has 0 spiro atoms. The average molecular weight is 275 g/mol. The maximum absolute atomic E-state index is 11.9. The van der Waals surface area contributed by atoms with Crippen LogP contribution in [0.1, 0.15) is 5.69 Å². The van der Waals surface area contributed by atoms with Crippen molar-refractivity contribution in [3.05, 3.63) is 11.9 Å². The van der Waals surface area contributed by atoms with Crippen molar-refractivity contribution in [1.82, 2.24) is 25.2 Å². The van der Waals surface area contributed by atoms with Crippen molar-refractivity contribution in [2.24, 2.45) is 0 Å². The molecule has 2 heterocycles. The molecular formula is C10H17ClN5O2-. The van der Waals surface area contributed by atoms with Gasteiger partial charge in [0.15, 0.2) is 0 Å². The van der Waals surface area contributed by atoms with E-state index in [-0.39, 0.29) is 31.5 Å². The minimum atomic E-state index is 0. The van der Waals surface area contributed by atoms with Crippen LogP contribution in [0.25, 0.3) is 0 Å². The Morgan fingerprint density at radius 1 is 1.44 bits per heavy atom. The molecule has 1 aromatic heterocycles. The predicted octanol–water partition coefficient (Wildman–Crippen LogP) is -4.75. The second-order valence-corrected chi connectivity index (χ2v) is 4.01. The van der Waals surface area contributed by atoms with E-state index in [9.17, 15) is 4.79 Å². The molecule has 0 saturated carbocycles. The van der Waals surface area contributed by atoms with Crippen LogP contribution in [-0.2, 0) is 17.8 Å². The van der Waals surface area contributed by atoms with Crippen molar-refractivity contribution in [2.75, 3.05) is 32.8 Å². The molecule has 1 aliphatic heterocycles. The zero-order valence-electron chi connectivity index (χ0n) is 10.0. The van der Waals surface area contributed by atoms with Gasteiger partial charge in [0.1, 0.15) is 6.54 Å². The van der Waals surface area contributed by atoms with Crippen molar-refractivity contribution in [3.63, 3.8) is 0 Å². The fraction of sp³-hybridized carbons (Fsp3) is 0.700. The summed E-state index contributed by atoms with van der Waals surface area (Å²) in [5.74, 6) is 0.0620. The number of aliphatic hydroxyl groups is 1. The number of piperazine rings is 1. The van der Waals surface area contributed by atoms with Gasteiger partial charge in [-0.25, -0.2) is 4.68 Å². The molecular weight excluding hydrogens is 258 g/mol. The molecule has 8 heteroatoms. The number of nitrogens with one attached hydrogen (secondary N) is 1. The molecule has 1 saturated heterocycles. The van der Waals surface area contributed by atoms with Crippen LogP contribution in [0.5, 0.6) is 0 Å². The third-order valence-electron chi connectivity index (χ3n) is 2.72. The number of hydrogen-bond donors (Lipinski definition) is 2. The molecule has 1 aromatic rings. The molecule has 18 heavy (non-hydrogen) atoms. The van der Waals surface area contributed by atoms with Gasteiger partial charge >= 0.3 is 0 Å². The van der Waals surface area contributed by atoms with Crippen LogP contribution in [0.4, 0.5) is 0 Å². The topological polar surface area (TPSA) is 83.3 Å². The van der Waals surface area contributed by atoms with Crippen LogP contribution in [0.2, 0.25) is 0 Å². The third kappa shape index (κ3) is 3.94. The normalized spacial score (nSPS) is 15.3. The maximum atomic E-state index is 11.9. The summed E-state index contributed by atoms with van der Waals surface area (Å²) in [5, 5.41) is 19.7. The van der Waals surface area contributed by atoms with Gasteiger partial charge in [0.05, 0.1) is 5.69 Å². The zero-order chi connectivity index (χ0) is 12.1. The van der Waals surface area contributed by atoms with Crippen molar-refractivity contribution >= 4 is 5.91 Å². The van der Waals surface area contributed by atoms with Crippen LogP contribution in [0.15, 0.2) is 6.20 Å². The molecule has 0 bridgehead atoms. The summed E-state index contributed by atoms with van der Waals surface area (Å²) in [6.07, 6.45) is 2.18. The highest BCUT2D eigenvalue weighted by atomic mass is 35.5. The second-order valence-electron chi connectivity index (χ2n) is 4.01. The fourth-order valence-electron chi connectivity index (χ4n) is 1.80. The van der Waals surface area contributed by atoms with Crippen LogP contribution in [0.3, 0.4) is 0 Å². The van der Waals surface area contributed by atoms with Gasteiger partial charge < -0.3 is 27.7 Å². The van der Waals surface area contributed by atoms with E-state index in [1.807, 2.05) is 4.90 Å². The van der Waals surface area contributed by atoms with Gasteiger partial charge in [-0.3, -0.25) is 4.79 Å². The Morgan fingerprint density at radius 2 is 2.17 bits per heavy atom. The Kier molecular flexibility index (Phi) is 6.03. The summed E-state index contributed by atoms with van der Waals surface area (Å²) in [4.78, 5) is 13.7. The van der Waals surface area contributed by atoms with E-state index >= 15 is 0 Å². The van der Waals surface area contributed by atoms with E-state index < -0.39 is 0 Å². The number of amides is 1. The van der Waals surface area contributed by atoms with Gasteiger partial charge in [0.25, 0.3) is 0 Å². The van der Waals surface area contributed by atoms with Gasteiger partial charge in [0.2, 0.25) is 5.91 Å². The largest absolute Gasteiger partial charge is 1.00 e. The summed E-state index contributed by atoms with van der Waals surface area (Å²) in [6.45, 7) is 3.45. The predicted molar refractivity (Wildman–Crippen MR) is 60.3 cm³/mol. The SMILES string of the molecule is O=C(Cn1cc(CCO)nn1)N1CCNCC1.[Cl-].